The van der Waals surface area contributed by atoms with Crippen molar-refractivity contribution in [1.29, 1.82) is 0 Å². The van der Waals surface area contributed by atoms with E-state index in [1.54, 1.807) is 17.7 Å². The minimum absolute atomic E-state index is 0. The van der Waals surface area contributed by atoms with E-state index in [9.17, 15) is 0 Å². The average molecular weight is 572 g/mol. The van der Waals surface area contributed by atoms with Crippen LogP contribution in [0.5, 0.6) is 0 Å². The van der Waals surface area contributed by atoms with E-state index in [-0.39, 0.29) is 20.1 Å². The molecule has 2 aromatic carbocycles. The van der Waals surface area contributed by atoms with Gasteiger partial charge in [-0.2, -0.15) is 11.3 Å². The number of pyridine rings is 1. The van der Waals surface area contributed by atoms with Crippen LogP contribution in [0.4, 0.5) is 0 Å². The smallest absolute Gasteiger partial charge is 0.106 e. The van der Waals surface area contributed by atoms with Crippen LogP contribution in [0.15, 0.2) is 84.5 Å². The first kappa shape index (κ1) is 21.0. The van der Waals surface area contributed by atoms with Gasteiger partial charge in [0.1, 0.15) is 6.33 Å². The number of rotatable bonds is 2. The second kappa shape index (κ2) is 10.2. The van der Waals surface area contributed by atoms with Crippen LogP contribution in [0.25, 0.3) is 32.7 Å². The molecule has 5 heteroatoms. The minimum atomic E-state index is 0. The van der Waals surface area contributed by atoms with Gasteiger partial charge in [0.2, 0.25) is 0 Å². The molecular weight excluding hydrogens is 555 g/mol. The van der Waals surface area contributed by atoms with Crippen molar-refractivity contribution in [1.82, 2.24) is 15.0 Å². The van der Waals surface area contributed by atoms with Crippen LogP contribution < -0.4 is 0 Å². The molecular formula is C24H17IrN3S-2. The molecule has 0 bridgehead atoms. The Bertz CT molecular complexity index is 1170. The third kappa shape index (κ3) is 5.21. The fourth-order valence-corrected chi connectivity index (χ4v) is 3.62. The largest absolute Gasteiger partial charge is 0.302 e. The summed E-state index contributed by atoms with van der Waals surface area (Å²) in [5, 5.41) is 2.03. The van der Waals surface area contributed by atoms with Gasteiger partial charge in [0.05, 0.1) is 5.52 Å². The van der Waals surface area contributed by atoms with Crippen molar-refractivity contribution in [2.75, 3.05) is 0 Å². The number of hydrogen-bond donors (Lipinski definition) is 0. The van der Waals surface area contributed by atoms with Gasteiger partial charge in [-0.15, -0.1) is 71.8 Å². The van der Waals surface area contributed by atoms with Gasteiger partial charge in [0.25, 0.3) is 0 Å². The molecule has 0 aliphatic heterocycles. The molecule has 5 aromatic rings. The molecule has 3 nitrogen and oxygen atoms in total. The number of aryl methyl sites for hydroxylation is 1. The van der Waals surface area contributed by atoms with E-state index in [2.05, 4.69) is 27.1 Å². The van der Waals surface area contributed by atoms with Gasteiger partial charge in [-0.25, -0.2) is 4.98 Å². The third-order valence-corrected chi connectivity index (χ3v) is 4.99. The van der Waals surface area contributed by atoms with Gasteiger partial charge in [-0.1, -0.05) is 12.1 Å². The predicted octanol–water partition coefficient (Wildman–Crippen LogP) is 6.01. The monoisotopic (exact) mass is 572 g/mol. The summed E-state index contributed by atoms with van der Waals surface area (Å²) in [5.74, 6) is 0. The quantitative estimate of drug-likeness (QED) is 0.244. The first-order chi connectivity index (χ1) is 13.8. The Morgan fingerprint density at radius 1 is 0.793 bits per heavy atom. The van der Waals surface area contributed by atoms with Crippen molar-refractivity contribution in [3.8, 4) is 22.5 Å². The summed E-state index contributed by atoms with van der Waals surface area (Å²) in [6, 6.07) is 30.1. The number of thiophene rings is 1. The Labute approximate surface area is 187 Å². The Morgan fingerprint density at radius 3 is 2.24 bits per heavy atom. The molecule has 0 fully saturated rings. The summed E-state index contributed by atoms with van der Waals surface area (Å²) in [7, 11) is 0. The molecule has 145 valence electrons. The molecule has 3 aromatic heterocycles. The average Bonchev–Trinajstić information content (AvgIpc) is 3.24. The Morgan fingerprint density at radius 2 is 1.55 bits per heavy atom. The zero-order chi connectivity index (χ0) is 19.2. The SMILES string of the molecule is Cc1cccc(-c2[c-]cccc2)n1.[Ir].[c-]1ccccc1-c1ncnc2ccsc12. The van der Waals surface area contributed by atoms with Gasteiger partial charge in [-0.05, 0) is 30.1 Å². The molecule has 0 atom stereocenters. The van der Waals surface area contributed by atoms with Crippen LogP contribution >= 0.6 is 11.3 Å². The molecule has 3 heterocycles. The van der Waals surface area contributed by atoms with Crippen molar-refractivity contribution in [3.05, 3.63) is 102 Å². The third-order valence-electron chi connectivity index (χ3n) is 4.08. The molecule has 0 saturated carbocycles. The van der Waals surface area contributed by atoms with Crippen molar-refractivity contribution in [2.45, 2.75) is 6.92 Å². The second-order valence-corrected chi connectivity index (χ2v) is 6.99. The fourth-order valence-electron chi connectivity index (χ4n) is 2.77. The summed E-state index contributed by atoms with van der Waals surface area (Å²) in [5.41, 5.74) is 6.06. The van der Waals surface area contributed by atoms with E-state index in [1.165, 1.54) is 0 Å². The van der Waals surface area contributed by atoms with Gasteiger partial charge in [0.15, 0.2) is 0 Å². The Kier molecular flexibility index (Phi) is 7.36. The van der Waals surface area contributed by atoms with E-state index in [0.717, 1.165) is 38.4 Å². The molecule has 0 amide bonds. The predicted molar refractivity (Wildman–Crippen MR) is 115 cm³/mol. The number of nitrogens with zero attached hydrogens (tertiary/aromatic N) is 3. The maximum atomic E-state index is 4.41. The molecule has 0 saturated heterocycles. The summed E-state index contributed by atoms with van der Waals surface area (Å²) in [4.78, 5) is 12.9. The molecule has 5 rings (SSSR count). The van der Waals surface area contributed by atoms with Crippen LogP contribution in [0, 0.1) is 19.1 Å². The second-order valence-electron chi connectivity index (χ2n) is 6.07. The first-order valence-electron chi connectivity index (χ1n) is 8.87. The minimum Gasteiger partial charge on any atom is -0.302 e. The van der Waals surface area contributed by atoms with E-state index in [1.807, 2.05) is 85.1 Å². The van der Waals surface area contributed by atoms with Gasteiger partial charge < -0.3 is 4.98 Å². The molecule has 0 N–H and O–H groups in total. The number of benzene rings is 2. The zero-order valence-electron chi connectivity index (χ0n) is 15.7. The molecule has 0 unspecified atom stereocenters. The summed E-state index contributed by atoms with van der Waals surface area (Å²) in [6.07, 6.45) is 1.60. The molecule has 0 aliphatic rings. The van der Waals surface area contributed by atoms with Crippen LogP contribution in [0.3, 0.4) is 0 Å². The molecule has 1 radical (unpaired) electrons. The zero-order valence-corrected chi connectivity index (χ0v) is 18.9. The van der Waals surface area contributed by atoms with Crippen LogP contribution in [-0.4, -0.2) is 15.0 Å². The summed E-state index contributed by atoms with van der Waals surface area (Å²) < 4.78 is 1.12. The number of fused-ring (bicyclic) bond motifs is 1. The summed E-state index contributed by atoms with van der Waals surface area (Å²) >= 11 is 1.66. The maximum Gasteiger partial charge on any atom is 0.106 e. The fraction of sp³-hybridized carbons (Fsp3) is 0.0417. The van der Waals surface area contributed by atoms with Crippen molar-refractivity contribution < 1.29 is 20.1 Å². The topological polar surface area (TPSA) is 38.7 Å². The van der Waals surface area contributed by atoms with Gasteiger partial charge in [-0.3, -0.25) is 4.98 Å². The van der Waals surface area contributed by atoms with E-state index >= 15 is 0 Å². The van der Waals surface area contributed by atoms with Crippen LogP contribution in [-0.2, 0) is 20.1 Å². The van der Waals surface area contributed by atoms with Crippen LogP contribution in [0.1, 0.15) is 5.69 Å². The van der Waals surface area contributed by atoms with Gasteiger partial charge >= 0.3 is 0 Å². The number of aromatic nitrogens is 3. The van der Waals surface area contributed by atoms with E-state index in [0.29, 0.717) is 0 Å². The van der Waals surface area contributed by atoms with Crippen molar-refractivity contribution >= 4 is 21.6 Å². The van der Waals surface area contributed by atoms with Crippen LogP contribution in [0.2, 0.25) is 0 Å². The standard InChI is InChI=1S/C12H7N2S.C12H10N.Ir/c1-2-4-9(5-3-1)11-12-10(6-7-15-12)13-8-14-11;1-10-6-5-9-12(13-10)11-7-3-2-4-8-11;/h1-4,6-8H;2-7,9H,1H3;/q2*-1;. The Balaban J connectivity index is 0.000000162. The van der Waals surface area contributed by atoms with Gasteiger partial charge in [0, 0.05) is 36.2 Å². The number of hydrogen-bond acceptors (Lipinski definition) is 4. The normalized spacial score (nSPS) is 9.97. The maximum absolute atomic E-state index is 4.41. The summed E-state index contributed by atoms with van der Waals surface area (Å²) in [6.45, 7) is 1.99. The molecule has 29 heavy (non-hydrogen) atoms. The van der Waals surface area contributed by atoms with Crippen molar-refractivity contribution in [2.24, 2.45) is 0 Å². The molecule has 0 spiro atoms. The first-order valence-corrected chi connectivity index (χ1v) is 9.75. The van der Waals surface area contributed by atoms with E-state index in [4.69, 9.17) is 0 Å². The van der Waals surface area contributed by atoms with Crippen molar-refractivity contribution in [3.63, 3.8) is 0 Å². The molecule has 0 aliphatic carbocycles. The van der Waals surface area contributed by atoms with E-state index < -0.39 is 0 Å². The Hall–Kier alpha value is -2.72.